The lowest BCUT2D eigenvalue weighted by Crippen LogP contribution is -2.04. The average Bonchev–Trinajstić information content (AvgIpc) is 2.86. The van der Waals surface area contributed by atoms with Crippen molar-refractivity contribution in [1.82, 2.24) is 9.55 Å². The van der Waals surface area contributed by atoms with E-state index in [2.05, 4.69) is 4.98 Å². The largest absolute Gasteiger partial charge is 0.294 e. The number of alkyl halides is 1. The molecular formula is C16H11ClFN3. The van der Waals surface area contributed by atoms with Gasteiger partial charge < -0.3 is 0 Å². The van der Waals surface area contributed by atoms with E-state index in [1.165, 1.54) is 12.1 Å². The monoisotopic (exact) mass is 299 g/mol. The zero-order valence-electron chi connectivity index (χ0n) is 11.2. The molecule has 104 valence electrons. The molecule has 1 unspecified atom stereocenters. The Morgan fingerprint density at radius 3 is 2.76 bits per heavy atom. The first kappa shape index (κ1) is 13.6. The van der Waals surface area contributed by atoms with Gasteiger partial charge in [0.15, 0.2) is 0 Å². The molecule has 21 heavy (non-hydrogen) atoms. The fraction of sp³-hybridized carbons (Fsp3) is 0.125. The Balaban J connectivity index is 2.39. The van der Waals surface area contributed by atoms with Crippen LogP contribution in [0.5, 0.6) is 0 Å². The van der Waals surface area contributed by atoms with Gasteiger partial charge in [0.05, 0.1) is 27.7 Å². The highest BCUT2D eigenvalue weighted by Gasteiger charge is 2.18. The maximum Gasteiger partial charge on any atom is 0.132 e. The van der Waals surface area contributed by atoms with Gasteiger partial charge in [0.2, 0.25) is 0 Å². The van der Waals surface area contributed by atoms with Gasteiger partial charge >= 0.3 is 0 Å². The van der Waals surface area contributed by atoms with Crippen LogP contribution in [0.3, 0.4) is 0 Å². The first-order valence-electron chi connectivity index (χ1n) is 6.43. The minimum Gasteiger partial charge on any atom is -0.294 e. The van der Waals surface area contributed by atoms with Crippen LogP contribution in [0.15, 0.2) is 42.5 Å². The van der Waals surface area contributed by atoms with Gasteiger partial charge in [-0.2, -0.15) is 5.26 Å². The van der Waals surface area contributed by atoms with Crippen LogP contribution in [-0.2, 0) is 0 Å². The standard InChI is InChI=1S/C16H11ClFN3/c1-10(17)16-20-13-4-2-3-5-15(13)21(16)14-7-6-12(18)8-11(14)9-19/h2-8,10H,1H3. The van der Waals surface area contributed by atoms with E-state index < -0.39 is 5.82 Å². The first-order valence-corrected chi connectivity index (χ1v) is 6.87. The summed E-state index contributed by atoms with van der Waals surface area (Å²) < 4.78 is 15.2. The van der Waals surface area contributed by atoms with Gasteiger partial charge in [0.1, 0.15) is 17.7 Å². The van der Waals surface area contributed by atoms with Gasteiger partial charge in [0, 0.05) is 0 Å². The summed E-state index contributed by atoms with van der Waals surface area (Å²) in [6, 6.07) is 13.7. The van der Waals surface area contributed by atoms with Crippen molar-refractivity contribution in [3.05, 3.63) is 59.7 Å². The van der Waals surface area contributed by atoms with E-state index >= 15 is 0 Å². The van der Waals surface area contributed by atoms with Gasteiger partial charge in [-0.25, -0.2) is 9.37 Å². The molecule has 1 aromatic heterocycles. The van der Waals surface area contributed by atoms with Crippen molar-refractivity contribution in [2.24, 2.45) is 0 Å². The molecule has 0 N–H and O–H groups in total. The van der Waals surface area contributed by atoms with Crippen LogP contribution in [0.1, 0.15) is 23.7 Å². The normalized spacial score (nSPS) is 12.3. The summed E-state index contributed by atoms with van der Waals surface area (Å²) in [5.74, 6) is 0.182. The third-order valence-corrected chi connectivity index (χ3v) is 3.46. The summed E-state index contributed by atoms with van der Waals surface area (Å²) in [5.41, 5.74) is 2.45. The second kappa shape index (κ2) is 5.19. The molecule has 3 aromatic rings. The van der Waals surface area contributed by atoms with Gasteiger partial charge in [-0.05, 0) is 37.3 Å². The van der Waals surface area contributed by atoms with Crippen LogP contribution in [-0.4, -0.2) is 9.55 Å². The Labute approximate surface area is 126 Å². The Bertz CT molecular complexity index is 862. The zero-order valence-corrected chi connectivity index (χ0v) is 12.0. The zero-order chi connectivity index (χ0) is 15.0. The smallest absolute Gasteiger partial charge is 0.132 e. The SMILES string of the molecule is CC(Cl)c1nc2ccccc2n1-c1ccc(F)cc1C#N. The van der Waals surface area contributed by atoms with E-state index in [4.69, 9.17) is 11.6 Å². The third kappa shape index (κ3) is 2.26. The molecule has 0 aliphatic carbocycles. The maximum atomic E-state index is 13.3. The van der Waals surface area contributed by atoms with Crippen molar-refractivity contribution in [1.29, 1.82) is 5.26 Å². The average molecular weight is 300 g/mol. The number of fused-ring (bicyclic) bond motifs is 1. The van der Waals surface area contributed by atoms with Gasteiger partial charge in [0.25, 0.3) is 0 Å². The fourth-order valence-electron chi connectivity index (χ4n) is 2.36. The molecule has 1 atom stereocenters. The highest BCUT2D eigenvalue weighted by atomic mass is 35.5. The van der Waals surface area contributed by atoms with Crippen molar-refractivity contribution in [2.75, 3.05) is 0 Å². The van der Waals surface area contributed by atoms with Crippen molar-refractivity contribution in [3.63, 3.8) is 0 Å². The number of halogens is 2. The summed E-state index contributed by atoms with van der Waals surface area (Å²) >= 11 is 6.22. The van der Waals surface area contributed by atoms with E-state index in [-0.39, 0.29) is 10.9 Å². The molecule has 0 saturated carbocycles. The molecule has 0 saturated heterocycles. The van der Waals surface area contributed by atoms with E-state index in [1.807, 2.05) is 41.8 Å². The van der Waals surface area contributed by atoms with Crippen LogP contribution in [0.25, 0.3) is 16.7 Å². The van der Waals surface area contributed by atoms with Crippen LogP contribution in [0.2, 0.25) is 0 Å². The number of hydrogen-bond donors (Lipinski definition) is 0. The number of nitriles is 1. The summed E-state index contributed by atoms with van der Waals surface area (Å²) in [4.78, 5) is 4.51. The van der Waals surface area contributed by atoms with Gasteiger partial charge in [-0.15, -0.1) is 11.6 Å². The molecular weight excluding hydrogens is 289 g/mol. The molecule has 0 aliphatic rings. The van der Waals surface area contributed by atoms with E-state index in [1.54, 1.807) is 6.07 Å². The second-order valence-electron chi connectivity index (χ2n) is 4.68. The summed E-state index contributed by atoms with van der Waals surface area (Å²) in [5, 5.41) is 8.92. The molecule has 0 aliphatic heterocycles. The molecule has 0 spiro atoms. The lowest BCUT2D eigenvalue weighted by Gasteiger charge is -2.12. The summed E-state index contributed by atoms with van der Waals surface area (Å²) in [6.07, 6.45) is 0. The van der Waals surface area contributed by atoms with Gasteiger partial charge in [-0.3, -0.25) is 4.57 Å². The topological polar surface area (TPSA) is 41.6 Å². The molecule has 0 radical (unpaired) electrons. The lowest BCUT2D eigenvalue weighted by molar-refractivity contribution is 0.626. The second-order valence-corrected chi connectivity index (χ2v) is 5.34. The number of hydrogen-bond acceptors (Lipinski definition) is 2. The van der Waals surface area contributed by atoms with Crippen molar-refractivity contribution < 1.29 is 4.39 Å². The first-order chi connectivity index (χ1) is 10.1. The maximum absolute atomic E-state index is 13.3. The minimum atomic E-state index is -0.444. The predicted octanol–water partition coefficient (Wildman–Crippen LogP) is 4.34. The fourth-order valence-corrected chi connectivity index (χ4v) is 2.50. The molecule has 5 heteroatoms. The summed E-state index contributed by atoms with van der Waals surface area (Å²) in [7, 11) is 0. The number of rotatable bonds is 2. The molecule has 3 rings (SSSR count). The highest BCUT2D eigenvalue weighted by Crippen LogP contribution is 2.29. The van der Waals surface area contributed by atoms with Crippen molar-refractivity contribution in [3.8, 4) is 11.8 Å². The van der Waals surface area contributed by atoms with Crippen LogP contribution >= 0.6 is 11.6 Å². The number of nitrogens with zero attached hydrogens (tertiary/aromatic N) is 3. The number of imidazole rings is 1. The van der Waals surface area contributed by atoms with E-state index in [9.17, 15) is 9.65 Å². The van der Waals surface area contributed by atoms with E-state index in [0.717, 1.165) is 11.0 Å². The molecule has 3 nitrogen and oxygen atoms in total. The number of aromatic nitrogens is 2. The van der Waals surface area contributed by atoms with Crippen LogP contribution in [0, 0.1) is 17.1 Å². The van der Waals surface area contributed by atoms with Gasteiger partial charge in [-0.1, -0.05) is 12.1 Å². The van der Waals surface area contributed by atoms with E-state index in [0.29, 0.717) is 11.5 Å². The quantitative estimate of drug-likeness (QED) is 0.661. The Morgan fingerprint density at radius 2 is 2.05 bits per heavy atom. The Kier molecular flexibility index (Phi) is 3.36. The Morgan fingerprint density at radius 1 is 1.29 bits per heavy atom. The minimum absolute atomic E-state index is 0.247. The Hall–Kier alpha value is -2.38. The van der Waals surface area contributed by atoms with Crippen molar-refractivity contribution in [2.45, 2.75) is 12.3 Å². The third-order valence-electron chi connectivity index (χ3n) is 3.26. The number of benzene rings is 2. The van der Waals surface area contributed by atoms with Crippen molar-refractivity contribution >= 4 is 22.6 Å². The van der Waals surface area contributed by atoms with Crippen LogP contribution < -0.4 is 0 Å². The molecule has 2 aromatic carbocycles. The predicted molar refractivity (Wildman–Crippen MR) is 80.0 cm³/mol. The van der Waals surface area contributed by atoms with Crippen LogP contribution in [0.4, 0.5) is 4.39 Å². The highest BCUT2D eigenvalue weighted by molar-refractivity contribution is 6.20. The molecule has 1 heterocycles. The molecule has 0 bridgehead atoms. The molecule has 0 fully saturated rings. The number of para-hydroxylation sites is 2. The lowest BCUT2D eigenvalue weighted by atomic mass is 10.1. The molecule has 0 amide bonds. The summed E-state index contributed by atoms with van der Waals surface area (Å²) in [6.45, 7) is 1.81.